The molecule has 3 aliphatic carbocycles. The first-order chi connectivity index (χ1) is 71.9. The Morgan fingerprint density at radius 3 is 1.59 bits per heavy atom. The molecule has 0 radical (unpaired) electrons. The maximum atomic E-state index is 17.4. The van der Waals surface area contributed by atoms with E-state index in [2.05, 4.69) is 50.8 Å². The van der Waals surface area contributed by atoms with E-state index in [-0.39, 0.29) is 53.8 Å². The van der Waals surface area contributed by atoms with E-state index in [0.29, 0.717) is 78.0 Å². The molecule has 149 heavy (non-hydrogen) atoms. The number of nitrogens with zero attached hydrogens (tertiary/aromatic N) is 1. The molecule has 11 aromatic rings. The molecule has 0 aromatic heterocycles. The lowest BCUT2D eigenvalue weighted by Gasteiger charge is -2.67. The van der Waals surface area contributed by atoms with Gasteiger partial charge in [0, 0.05) is 74.9 Å². The molecule has 29 heteroatoms. The number of methoxy groups -OCH3 is 2. The Hall–Kier alpha value is -15.8. The number of ketones is 1. The zero-order chi connectivity index (χ0) is 105. The summed E-state index contributed by atoms with van der Waals surface area (Å²) < 4.78 is 64.9. The van der Waals surface area contributed by atoms with Gasteiger partial charge in [-0.15, -0.1) is 0 Å². The third-order valence-electron chi connectivity index (χ3n) is 29.4. The third-order valence-corrected chi connectivity index (χ3v) is 29.4. The van der Waals surface area contributed by atoms with Crippen LogP contribution < -0.4 is 36.1 Å². The Kier molecular flexibility index (Phi) is 33.4. The van der Waals surface area contributed by atoms with E-state index in [4.69, 9.17) is 47.4 Å². The number of carbonyl (C=O) groups is 12. The summed E-state index contributed by atoms with van der Waals surface area (Å²) in [6.45, 7) is 7.83. The van der Waals surface area contributed by atoms with Crippen LogP contribution in [0.4, 0.5) is 10.5 Å². The molecule has 2 saturated carbocycles. The van der Waals surface area contributed by atoms with Gasteiger partial charge < -0.3 is 73.7 Å². The highest BCUT2D eigenvalue weighted by molar-refractivity contribution is 6.13. The molecule has 0 spiro atoms. The van der Waals surface area contributed by atoms with Gasteiger partial charge in [-0.3, -0.25) is 53.4 Å². The first kappa shape index (κ1) is 106. The number of amides is 6. The van der Waals surface area contributed by atoms with Crippen LogP contribution in [0.3, 0.4) is 0 Å². The fourth-order valence-electron chi connectivity index (χ4n) is 21.7. The van der Waals surface area contributed by atoms with Crippen molar-refractivity contribution in [1.82, 2.24) is 26.2 Å². The summed E-state index contributed by atoms with van der Waals surface area (Å²) in [4.78, 5) is 179. The molecule has 2 heterocycles. The van der Waals surface area contributed by atoms with E-state index >= 15 is 38.7 Å². The number of unbranched alkanes of at least 4 members (excludes halogenated alkanes) is 3. The first-order valence-electron chi connectivity index (χ1n) is 50.1. The molecule has 11 aromatic carbocycles. The molecule has 6 amide bonds. The van der Waals surface area contributed by atoms with Crippen molar-refractivity contribution in [1.29, 1.82) is 0 Å². The van der Waals surface area contributed by atoms with Gasteiger partial charge in [-0.1, -0.05) is 275 Å². The van der Waals surface area contributed by atoms with Crippen molar-refractivity contribution in [3.8, 4) is 11.5 Å². The van der Waals surface area contributed by atoms with Crippen LogP contribution >= 0.6 is 0 Å². The second kappa shape index (κ2) is 46.9. The molecule has 2 aliphatic heterocycles. The highest BCUT2D eigenvalue weighted by Gasteiger charge is 2.79. The highest BCUT2D eigenvalue weighted by Crippen LogP contribution is 2.66. The lowest BCUT2D eigenvalue weighted by atomic mass is 9.44. The van der Waals surface area contributed by atoms with Crippen LogP contribution in [0, 0.1) is 16.7 Å². The van der Waals surface area contributed by atoms with Gasteiger partial charge in [-0.05, 0) is 174 Å². The average molecular weight is 2020 g/mol. The fourth-order valence-corrected chi connectivity index (χ4v) is 21.7. The summed E-state index contributed by atoms with van der Waals surface area (Å²) in [5.41, 5.74) is -5.57. The number of rotatable bonds is 42. The summed E-state index contributed by atoms with van der Waals surface area (Å²) in [5, 5.41) is 31.1. The number of Topliss-reactive ketones (excluding diaryl/α,β-unsaturated/α-hetero) is 1. The van der Waals surface area contributed by atoms with E-state index in [1.165, 1.54) is 38.3 Å². The first-order valence-corrected chi connectivity index (χ1v) is 50.1. The smallest absolute Gasteiger partial charge is 0.497 e. The molecule has 1 saturated heterocycles. The molecule has 13 atom stereocenters. The SMILES string of the molecule is COc1ccc(C(NCCCC[C@H](NC(=O)C(Cc2ccccc2)NC(=O)CCCCCN2C(=O)C=CC2=O)C(=O)Nc2ccc(COC(=O)O[C@H]3CC4OCC4(OC(C)=O)C4C(OC(=O)c5ccccc5)[C@]5(O)CC(OC(=O)C(OC(c6ccccc6)(c6ccccc6)c6ccc(OC)cc6)C(NC(=O)c6ccccc6)c6ccccc6)C(C)=C([C@@H](OC(C)=O)C(=O)[C@@]43C)C5(C)C)cc2)(c2ccccc2)c2ccccc2)cc1. The fraction of sp³-hybridized carbons (Fsp3) is 0.317. The second-order valence-corrected chi connectivity index (χ2v) is 38.9. The molecule has 29 nitrogen and oxygen atoms in total. The number of nitrogens with one attached hydrogen (secondary N) is 5. The molecule has 2 bridgehead atoms. The van der Waals surface area contributed by atoms with E-state index in [1.54, 1.807) is 155 Å². The number of hydrogen-bond donors (Lipinski definition) is 6. The second-order valence-electron chi connectivity index (χ2n) is 38.9. The van der Waals surface area contributed by atoms with Gasteiger partial charge >= 0.3 is 30.0 Å². The maximum Gasteiger partial charge on any atom is 0.508 e. The van der Waals surface area contributed by atoms with Gasteiger partial charge in [0.2, 0.25) is 17.7 Å². The number of carbonyl (C=O) groups excluding carboxylic acids is 12. The van der Waals surface area contributed by atoms with E-state index in [0.717, 1.165) is 41.0 Å². The number of anilines is 1. The van der Waals surface area contributed by atoms with Gasteiger partial charge in [-0.25, -0.2) is 14.4 Å². The molecule has 770 valence electrons. The van der Waals surface area contributed by atoms with Crippen molar-refractivity contribution >= 4 is 76.9 Å². The Balaban J connectivity index is 0.708. The van der Waals surface area contributed by atoms with Gasteiger partial charge in [0.1, 0.15) is 65.8 Å². The van der Waals surface area contributed by atoms with Crippen molar-refractivity contribution < 1.29 is 110 Å². The Labute approximate surface area is 865 Å². The van der Waals surface area contributed by atoms with Crippen LogP contribution in [0.25, 0.3) is 0 Å². The van der Waals surface area contributed by atoms with E-state index in [1.807, 2.05) is 152 Å². The monoisotopic (exact) mass is 2010 g/mol. The number of benzene rings is 11. The van der Waals surface area contributed by atoms with Crippen molar-refractivity contribution in [3.63, 3.8) is 0 Å². The number of fused-ring (bicyclic) bond motifs is 5. The summed E-state index contributed by atoms with van der Waals surface area (Å²) >= 11 is 0. The topological polar surface area (TPSA) is 381 Å². The molecule has 6 N–H and O–H groups in total. The maximum absolute atomic E-state index is 17.4. The van der Waals surface area contributed by atoms with Crippen molar-refractivity contribution in [3.05, 3.63) is 400 Å². The zero-order valence-electron chi connectivity index (χ0n) is 84.2. The van der Waals surface area contributed by atoms with Crippen LogP contribution in [0.2, 0.25) is 0 Å². The number of aliphatic hydroxyl groups is 1. The van der Waals surface area contributed by atoms with Crippen molar-refractivity contribution in [2.45, 2.75) is 189 Å². The predicted molar refractivity (Wildman–Crippen MR) is 552 cm³/mol. The van der Waals surface area contributed by atoms with Gasteiger partial charge in [-0.2, -0.15) is 0 Å². The lowest BCUT2D eigenvalue weighted by Crippen LogP contribution is -2.82. The van der Waals surface area contributed by atoms with E-state index < -0.39 is 191 Å². The van der Waals surface area contributed by atoms with Crippen molar-refractivity contribution in [2.75, 3.05) is 39.2 Å². The largest absolute Gasteiger partial charge is 0.508 e. The molecular formula is C120H122N6O23. The van der Waals surface area contributed by atoms with Crippen LogP contribution in [0.1, 0.15) is 176 Å². The van der Waals surface area contributed by atoms with Gasteiger partial charge in [0.15, 0.2) is 23.6 Å². The Bertz CT molecular complexity index is 6570. The highest BCUT2D eigenvalue weighted by atomic mass is 16.7. The van der Waals surface area contributed by atoms with Gasteiger partial charge in [0.25, 0.3) is 17.7 Å². The molecule has 16 rings (SSSR count). The standard InChI is InChI=1S/C120H122N6O23/c1-77-96(145-113(137)105(103(82-40-20-10-21-41-82)125-109(133)83-42-22-11-23-43-83)149-120(88-50-30-15-31-51-88,89-52-32-16-33-53-89)90-60-66-93(141-8)67-61-90)74-118(139)108(147-112(136)84-44-24-12-25-45-84)106-116(6,107(132)104(144-78(2)127)102(77)115(118,4)5)97(73-98-117(106,76-143-98)148-79(3)128)146-114(138)142-75-81-56-62-91(63-57-81)122-110(134)94(124-111(135)95(72-80-38-18-9-19-39-80)123-99(129)55-34-17-37-71-126-100(130)68-69-101(126)131)54-35-36-70-121-119(85-46-26-13-27-47-85,86-48-28-14-29-49-86)87-58-64-92(140-7)65-59-87/h9-16,18-33,38-53,56-69,94-98,103-106,108,121,139H,17,34-37,54-55,70-76H2,1-8H3,(H,122,134)(H,123,129)(H,124,135)(H,125,133)/t94-,95?,96?,97-,98?,103?,104+,105?,106?,108?,116+,117?,118+/m0/s1. The van der Waals surface area contributed by atoms with E-state index in [9.17, 15) is 24.0 Å². The minimum Gasteiger partial charge on any atom is -0.497 e. The zero-order valence-corrected chi connectivity index (χ0v) is 84.2. The summed E-state index contributed by atoms with van der Waals surface area (Å²) in [6, 6.07) is 89.5. The number of esters is 4. The third kappa shape index (κ3) is 22.8. The van der Waals surface area contributed by atoms with Crippen molar-refractivity contribution in [2.24, 2.45) is 16.7 Å². The lowest BCUT2D eigenvalue weighted by molar-refractivity contribution is -0.346. The number of ether oxygens (including phenoxy) is 10. The average Bonchev–Trinajstić information content (AvgIpc) is 0.908. The minimum absolute atomic E-state index is 0.0182. The number of hydrogen-bond acceptors (Lipinski definition) is 24. The summed E-state index contributed by atoms with van der Waals surface area (Å²) in [6.07, 6.45) is -8.62. The van der Waals surface area contributed by atoms with Gasteiger partial charge in [0.05, 0.1) is 49.3 Å². The number of imide groups is 1. The Morgan fingerprint density at radius 2 is 1.05 bits per heavy atom. The molecule has 8 unspecified atom stereocenters. The summed E-state index contributed by atoms with van der Waals surface area (Å²) in [7, 11) is 3.14. The molecule has 3 fully saturated rings. The quantitative estimate of drug-likeness (QED) is 0.00517. The summed E-state index contributed by atoms with van der Waals surface area (Å²) in [5.74, 6) is -8.92. The minimum atomic E-state index is -2.69. The normalized spacial score (nSPS) is 20.9. The van der Waals surface area contributed by atoms with Crippen LogP contribution in [-0.2, 0) is 105 Å². The van der Waals surface area contributed by atoms with Crippen LogP contribution in [0.5, 0.6) is 11.5 Å². The van der Waals surface area contributed by atoms with Crippen LogP contribution in [0.15, 0.2) is 339 Å². The predicted octanol–water partition coefficient (Wildman–Crippen LogP) is 16.5. The molecule has 5 aliphatic rings. The van der Waals surface area contributed by atoms with Crippen LogP contribution in [-0.4, -0.2) is 175 Å². The Morgan fingerprint density at radius 1 is 0.523 bits per heavy atom. The molecular weight excluding hydrogens is 1890 g/mol.